The maximum atomic E-state index is 12.5. The standard InChI is InChI=1S/C17H14N2O3S2/c20-16(19-11-13-5-2-8-23-13)15(12-4-1-7-18-10-12)22-17(21)14-6-3-9-24-14/h1-10,15H,11H2,(H,19,20). The molecular formula is C17H14N2O3S2. The van der Waals surface area contributed by atoms with Gasteiger partial charge in [0.15, 0.2) is 0 Å². The van der Waals surface area contributed by atoms with Gasteiger partial charge in [0.1, 0.15) is 4.88 Å². The molecule has 1 atom stereocenters. The third-order valence-electron chi connectivity index (χ3n) is 3.19. The SMILES string of the molecule is O=C(OC(C(=O)NCc1cccs1)c1cccnc1)c1cccs1. The third-order valence-corrected chi connectivity index (χ3v) is 4.92. The Labute approximate surface area is 146 Å². The number of ether oxygens (including phenoxy) is 1. The van der Waals surface area contributed by atoms with E-state index in [1.807, 2.05) is 17.5 Å². The molecule has 0 aromatic carbocycles. The highest BCUT2D eigenvalue weighted by atomic mass is 32.1. The zero-order chi connectivity index (χ0) is 16.8. The highest BCUT2D eigenvalue weighted by Gasteiger charge is 2.26. The van der Waals surface area contributed by atoms with Crippen molar-refractivity contribution in [3.8, 4) is 0 Å². The molecule has 24 heavy (non-hydrogen) atoms. The molecule has 0 bridgehead atoms. The van der Waals surface area contributed by atoms with E-state index in [1.54, 1.807) is 47.2 Å². The molecule has 3 rings (SSSR count). The fourth-order valence-corrected chi connectivity index (χ4v) is 3.29. The molecule has 1 unspecified atom stereocenters. The van der Waals surface area contributed by atoms with Crippen LogP contribution in [-0.4, -0.2) is 16.9 Å². The van der Waals surface area contributed by atoms with Crippen LogP contribution in [-0.2, 0) is 16.1 Å². The van der Waals surface area contributed by atoms with Crippen molar-refractivity contribution in [2.75, 3.05) is 0 Å². The van der Waals surface area contributed by atoms with Crippen LogP contribution in [0.4, 0.5) is 0 Å². The van der Waals surface area contributed by atoms with Crippen LogP contribution in [0.2, 0.25) is 0 Å². The predicted octanol–water partition coefficient (Wildman–Crippen LogP) is 3.42. The molecule has 0 aliphatic carbocycles. The van der Waals surface area contributed by atoms with Gasteiger partial charge in [-0.3, -0.25) is 9.78 Å². The zero-order valence-corrected chi connectivity index (χ0v) is 14.2. The second-order valence-electron chi connectivity index (χ2n) is 4.85. The molecule has 122 valence electrons. The van der Waals surface area contributed by atoms with Crippen molar-refractivity contribution in [3.63, 3.8) is 0 Å². The number of thiophene rings is 2. The van der Waals surface area contributed by atoms with Crippen molar-refractivity contribution in [2.24, 2.45) is 0 Å². The molecule has 0 radical (unpaired) electrons. The second kappa shape index (κ2) is 7.85. The Morgan fingerprint density at radius 2 is 1.96 bits per heavy atom. The number of rotatable bonds is 6. The number of pyridine rings is 1. The first-order valence-corrected chi connectivity index (χ1v) is 8.94. The highest BCUT2D eigenvalue weighted by molar-refractivity contribution is 7.12. The van der Waals surface area contributed by atoms with Crippen LogP contribution >= 0.6 is 22.7 Å². The van der Waals surface area contributed by atoms with E-state index < -0.39 is 12.1 Å². The second-order valence-corrected chi connectivity index (χ2v) is 6.83. The number of esters is 1. The van der Waals surface area contributed by atoms with Gasteiger partial charge in [0.25, 0.3) is 5.91 Å². The van der Waals surface area contributed by atoms with Gasteiger partial charge in [-0.05, 0) is 29.0 Å². The number of nitrogens with one attached hydrogen (secondary N) is 1. The molecule has 3 aromatic heterocycles. The van der Waals surface area contributed by atoms with Crippen molar-refractivity contribution in [2.45, 2.75) is 12.6 Å². The van der Waals surface area contributed by atoms with Crippen molar-refractivity contribution >= 4 is 34.6 Å². The predicted molar refractivity (Wildman–Crippen MR) is 92.9 cm³/mol. The molecule has 0 aliphatic heterocycles. The molecule has 0 aliphatic rings. The Bertz CT molecular complexity index is 787. The number of amides is 1. The molecule has 3 heterocycles. The Hall–Kier alpha value is -2.51. The average Bonchev–Trinajstić information content (AvgIpc) is 3.31. The monoisotopic (exact) mass is 358 g/mol. The van der Waals surface area contributed by atoms with Gasteiger partial charge < -0.3 is 10.1 Å². The Kier molecular flexibility index (Phi) is 5.35. The number of aromatic nitrogens is 1. The van der Waals surface area contributed by atoms with Gasteiger partial charge in [-0.15, -0.1) is 22.7 Å². The summed E-state index contributed by atoms with van der Waals surface area (Å²) in [5, 5.41) is 6.53. The van der Waals surface area contributed by atoms with E-state index in [1.165, 1.54) is 17.5 Å². The van der Waals surface area contributed by atoms with Gasteiger partial charge in [-0.25, -0.2) is 4.79 Å². The average molecular weight is 358 g/mol. The van der Waals surface area contributed by atoms with Crippen LogP contribution in [0.1, 0.15) is 26.2 Å². The molecule has 7 heteroatoms. The summed E-state index contributed by atoms with van der Waals surface area (Å²) in [5.74, 6) is -0.897. The van der Waals surface area contributed by atoms with E-state index in [9.17, 15) is 9.59 Å². The first-order valence-electron chi connectivity index (χ1n) is 7.18. The molecular weight excluding hydrogens is 344 g/mol. The molecule has 0 fully saturated rings. The minimum Gasteiger partial charge on any atom is -0.443 e. The van der Waals surface area contributed by atoms with Crippen LogP contribution in [0, 0.1) is 0 Å². The van der Waals surface area contributed by atoms with Crippen molar-refractivity contribution in [1.29, 1.82) is 0 Å². The molecule has 0 saturated heterocycles. The highest BCUT2D eigenvalue weighted by Crippen LogP contribution is 2.21. The summed E-state index contributed by atoms with van der Waals surface area (Å²) in [6.45, 7) is 0.393. The lowest BCUT2D eigenvalue weighted by Crippen LogP contribution is -2.31. The van der Waals surface area contributed by atoms with E-state index in [-0.39, 0.29) is 5.91 Å². The third kappa shape index (κ3) is 4.06. The number of hydrogen-bond donors (Lipinski definition) is 1. The van der Waals surface area contributed by atoms with E-state index >= 15 is 0 Å². The van der Waals surface area contributed by atoms with E-state index in [4.69, 9.17) is 4.74 Å². The lowest BCUT2D eigenvalue weighted by molar-refractivity contribution is -0.130. The van der Waals surface area contributed by atoms with Crippen molar-refractivity contribution < 1.29 is 14.3 Å². The van der Waals surface area contributed by atoms with Crippen LogP contribution in [0.25, 0.3) is 0 Å². The van der Waals surface area contributed by atoms with E-state index in [2.05, 4.69) is 10.3 Å². The van der Waals surface area contributed by atoms with Gasteiger partial charge in [-0.1, -0.05) is 18.2 Å². The fraction of sp³-hybridized carbons (Fsp3) is 0.118. The molecule has 3 aromatic rings. The normalized spacial score (nSPS) is 11.7. The topological polar surface area (TPSA) is 68.3 Å². The first-order chi connectivity index (χ1) is 11.7. The number of nitrogens with zero attached hydrogens (tertiary/aromatic N) is 1. The maximum absolute atomic E-state index is 12.5. The molecule has 0 spiro atoms. The molecule has 5 nitrogen and oxygen atoms in total. The first kappa shape index (κ1) is 16.4. The maximum Gasteiger partial charge on any atom is 0.349 e. The quantitative estimate of drug-likeness (QED) is 0.686. The van der Waals surface area contributed by atoms with Crippen molar-refractivity contribution in [3.05, 3.63) is 74.9 Å². The van der Waals surface area contributed by atoms with Crippen molar-refractivity contribution in [1.82, 2.24) is 10.3 Å². The molecule has 0 saturated carbocycles. The van der Waals surface area contributed by atoms with Gasteiger partial charge >= 0.3 is 5.97 Å². The Morgan fingerprint density at radius 1 is 1.12 bits per heavy atom. The van der Waals surface area contributed by atoms with Crippen LogP contribution in [0.15, 0.2) is 59.6 Å². The Morgan fingerprint density at radius 3 is 2.62 bits per heavy atom. The summed E-state index contributed by atoms with van der Waals surface area (Å²) >= 11 is 2.82. The largest absolute Gasteiger partial charge is 0.443 e. The number of carbonyl (C=O) groups is 2. The minimum absolute atomic E-state index is 0.374. The smallest absolute Gasteiger partial charge is 0.349 e. The fourth-order valence-electron chi connectivity index (χ4n) is 2.04. The van der Waals surface area contributed by atoms with Crippen LogP contribution in [0.3, 0.4) is 0 Å². The van der Waals surface area contributed by atoms with E-state index in [0.29, 0.717) is 17.0 Å². The van der Waals surface area contributed by atoms with Gasteiger partial charge in [0, 0.05) is 22.8 Å². The van der Waals surface area contributed by atoms with Gasteiger partial charge in [0.05, 0.1) is 6.54 Å². The summed E-state index contributed by atoms with van der Waals surface area (Å²) in [7, 11) is 0. The summed E-state index contributed by atoms with van der Waals surface area (Å²) in [6, 6.07) is 10.7. The van der Waals surface area contributed by atoms with Gasteiger partial charge in [-0.2, -0.15) is 0 Å². The van der Waals surface area contributed by atoms with Gasteiger partial charge in [0.2, 0.25) is 6.10 Å². The van der Waals surface area contributed by atoms with E-state index in [0.717, 1.165) is 4.88 Å². The summed E-state index contributed by atoms with van der Waals surface area (Å²) in [6.07, 6.45) is 2.09. The number of carbonyl (C=O) groups excluding carboxylic acids is 2. The molecule has 1 amide bonds. The Balaban J connectivity index is 1.74. The lowest BCUT2D eigenvalue weighted by Gasteiger charge is -2.17. The lowest BCUT2D eigenvalue weighted by atomic mass is 10.1. The summed E-state index contributed by atoms with van der Waals surface area (Å²) < 4.78 is 5.44. The van der Waals surface area contributed by atoms with Crippen LogP contribution < -0.4 is 5.32 Å². The summed E-state index contributed by atoms with van der Waals surface area (Å²) in [4.78, 5) is 30.2. The zero-order valence-electron chi connectivity index (χ0n) is 12.5. The summed E-state index contributed by atoms with van der Waals surface area (Å²) in [5.41, 5.74) is 0.533. The minimum atomic E-state index is -1.03. The molecule has 1 N–H and O–H groups in total. The number of hydrogen-bond acceptors (Lipinski definition) is 6. The van der Waals surface area contributed by atoms with Crippen LogP contribution in [0.5, 0.6) is 0 Å².